The maximum atomic E-state index is 6.19. The quantitative estimate of drug-likeness (QED) is 0.481. The van der Waals surface area contributed by atoms with Gasteiger partial charge in [-0.1, -0.05) is 27.2 Å². The maximum Gasteiger partial charge on any atom is 0.249 e. The molecule has 1 rings (SSSR count). The second-order valence-electron chi connectivity index (χ2n) is 4.70. The summed E-state index contributed by atoms with van der Waals surface area (Å²) >= 11 is 0. The summed E-state index contributed by atoms with van der Waals surface area (Å²) in [4.78, 5) is 0. The van der Waals surface area contributed by atoms with Gasteiger partial charge in [0, 0.05) is 0 Å². The highest BCUT2D eigenvalue weighted by molar-refractivity contribution is 6.73. The summed E-state index contributed by atoms with van der Waals surface area (Å²) in [6, 6.07) is 3.76. The highest BCUT2D eigenvalue weighted by Crippen LogP contribution is 2.26. The van der Waals surface area contributed by atoms with Crippen LogP contribution in [0.3, 0.4) is 0 Å². The van der Waals surface area contributed by atoms with E-state index in [1.165, 1.54) is 50.2 Å². The molecule has 0 aromatic carbocycles. The summed E-state index contributed by atoms with van der Waals surface area (Å²) in [6.07, 6.45) is 8.85. The Morgan fingerprint density at radius 1 is 1.00 bits per heavy atom. The SMILES string of the molecule is CC[Si](CC)(CC)OC=C1CCCCC1. The Morgan fingerprint density at radius 2 is 1.53 bits per heavy atom. The summed E-state index contributed by atoms with van der Waals surface area (Å²) in [5.74, 6) is 0. The van der Waals surface area contributed by atoms with Gasteiger partial charge in [-0.05, 0) is 49.4 Å². The molecule has 0 unspecified atom stereocenters. The van der Waals surface area contributed by atoms with Crippen molar-refractivity contribution in [3.63, 3.8) is 0 Å². The summed E-state index contributed by atoms with van der Waals surface area (Å²) < 4.78 is 6.19. The minimum Gasteiger partial charge on any atom is -0.549 e. The molecule has 0 bridgehead atoms. The summed E-state index contributed by atoms with van der Waals surface area (Å²) in [5, 5.41) is 0. The number of hydrogen-bond acceptors (Lipinski definition) is 1. The molecule has 2 heteroatoms. The molecule has 0 atom stereocenters. The molecule has 1 fully saturated rings. The van der Waals surface area contributed by atoms with E-state index in [1.807, 2.05) is 0 Å². The molecule has 0 spiro atoms. The average molecular weight is 226 g/mol. The average Bonchev–Trinajstić information content (AvgIpc) is 2.33. The van der Waals surface area contributed by atoms with Gasteiger partial charge >= 0.3 is 0 Å². The van der Waals surface area contributed by atoms with Gasteiger partial charge < -0.3 is 4.43 Å². The smallest absolute Gasteiger partial charge is 0.249 e. The molecule has 0 heterocycles. The Morgan fingerprint density at radius 3 is 2.00 bits per heavy atom. The molecule has 0 aromatic rings. The third kappa shape index (κ3) is 3.67. The number of rotatable bonds is 5. The zero-order valence-corrected chi connectivity index (χ0v) is 11.6. The van der Waals surface area contributed by atoms with Gasteiger partial charge in [0.15, 0.2) is 0 Å². The molecule has 15 heavy (non-hydrogen) atoms. The molecular weight excluding hydrogens is 200 g/mol. The summed E-state index contributed by atoms with van der Waals surface area (Å²) in [7, 11) is -1.38. The molecule has 0 N–H and O–H groups in total. The topological polar surface area (TPSA) is 9.23 Å². The van der Waals surface area contributed by atoms with Gasteiger partial charge in [0.1, 0.15) is 0 Å². The fraction of sp³-hybridized carbons (Fsp3) is 0.846. The van der Waals surface area contributed by atoms with E-state index in [9.17, 15) is 0 Å². The second kappa shape index (κ2) is 6.36. The normalized spacial score (nSPS) is 17.7. The largest absolute Gasteiger partial charge is 0.549 e. The summed E-state index contributed by atoms with van der Waals surface area (Å²) in [6.45, 7) is 6.87. The van der Waals surface area contributed by atoms with Crippen LogP contribution < -0.4 is 0 Å². The van der Waals surface area contributed by atoms with Crippen LogP contribution in [0.4, 0.5) is 0 Å². The standard InChI is InChI=1S/C13H26OSi/c1-4-15(5-2,6-3)14-12-13-10-8-7-9-11-13/h12H,4-11H2,1-3H3. The van der Waals surface area contributed by atoms with Crippen molar-refractivity contribution in [3.8, 4) is 0 Å². The van der Waals surface area contributed by atoms with Crippen LogP contribution in [0, 0.1) is 0 Å². The van der Waals surface area contributed by atoms with E-state index in [0.717, 1.165) is 0 Å². The van der Waals surface area contributed by atoms with Crippen molar-refractivity contribution in [2.24, 2.45) is 0 Å². The van der Waals surface area contributed by atoms with E-state index in [1.54, 1.807) is 5.57 Å². The van der Waals surface area contributed by atoms with Crippen LogP contribution >= 0.6 is 0 Å². The van der Waals surface area contributed by atoms with Gasteiger partial charge in [-0.15, -0.1) is 0 Å². The highest BCUT2D eigenvalue weighted by atomic mass is 28.4. The van der Waals surface area contributed by atoms with Gasteiger partial charge in [0.05, 0.1) is 6.26 Å². The van der Waals surface area contributed by atoms with Crippen LogP contribution in [0.1, 0.15) is 52.9 Å². The van der Waals surface area contributed by atoms with Crippen molar-refractivity contribution in [2.75, 3.05) is 0 Å². The van der Waals surface area contributed by atoms with Crippen LogP contribution in [-0.4, -0.2) is 8.32 Å². The molecule has 0 aromatic heterocycles. The molecule has 88 valence electrons. The van der Waals surface area contributed by atoms with E-state index in [0.29, 0.717) is 0 Å². The Balaban J connectivity index is 2.50. The van der Waals surface area contributed by atoms with Gasteiger partial charge in [-0.2, -0.15) is 0 Å². The van der Waals surface area contributed by atoms with Crippen molar-refractivity contribution in [1.82, 2.24) is 0 Å². The van der Waals surface area contributed by atoms with Gasteiger partial charge in [0.25, 0.3) is 0 Å². The van der Waals surface area contributed by atoms with Crippen molar-refractivity contribution >= 4 is 8.32 Å². The Kier molecular flexibility index (Phi) is 5.44. The lowest BCUT2D eigenvalue weighted by Gasteiger charge is -2.27. The third-order valence-electron chi connectivity index (χ3n) is 3.90. The van der Waals surface area contributed by atoms with Gasteiger partial charge in [-0.3, -0.25) is 0 Å². The second-order valence-corrected chi connectivity index (χ2v) is 9.42. The van der Waals surface area contributed by atoms with Crippen LogP contribution in [-0.2, 0) is 4.43 Å². The molecule has 1 saturated carbocycles. The molecule has 1 aliphatic rings. The first-order valence-electron chi connectivity index (χ1n) is 6.62. The third-order valence-corrected chi connectivity index (χ3v) is 8.39. The predicted octanol–water partition coefficient (Wildman–Crippen LogP) is 4.86. The van der Waals surface area contributed by atoms with E-state index >= 15 is 0 Å². The lowest BCUT2D eigenvalue weighted by atomic mass is 9.96. The molecule has 0 saturated heterocycles. The first-order valence-corrected chi connectivity index (χ1v) is 9.15. The molecule has 0 radical (unpaired) electrons. The van der Waals surface area contributed by atoms with Crippen molar-refractivity contribution in [1.29, 1.82) is 0 Å². The van der Waals surface area contributed by atoms with Crippen molar-refractivity contribution < 1.29 is 4.43 Å². The van der Waals surface area contributed by atoms with Crippen LogP contribution in [0.15, 0.2) is 11.8 Å². The first-order chi connectivity index (χ1) is 7.26. The number of hydrogen-bond donors (Lipinski definition) is 0. The number of allylic oxidation sites excluding steroid dienone is 1. The highest BCUT2D eigenvalue weighted by Gasteiger charge is 2.29. The van der Waals surface area contributed by atoms with E-state index in [-0.39, 0.29) is 0 Å². The van der Waals surface area contributed by atoms with Crippen molar-refractivity contribution in [3.05, 3.63) is 11.8 Å². The van der Waals surface area contributed by atoms with E-state index in [4.69, 9.17) is 4.43 Å². The van der Waals surface area contributed by atoms with Gasteiger partial charge in [0.2, 0.25) is 8.32 Å². The van der Waals surface area contributed by atoms with E-state index < -0.39 is 8.32 Å². The molecule has 1 aliphatic carbocycles. The fourth-order valence-electron chi connectivity index (χ4n) is 2.33. The maximum absolute atomic E-state index is 6.19. The Labute approximate surface area is 96.0 Å². The minimum absolute atomic E-state index is 1.25. The Hall–Kier alpha value is -0.243. The van der Waals surface area contributed by atoms with Crippen LogP contribution in [0.5, 0.6) is 0 Å². The lowest BCUT2D eigenvalue weighted by Crippen LogP contribution is -2.33. The fourth-order valence-corrected chi connectivity index (χ4v) is 4.75. The molecule has 1 nitrogen and oxygen atoms in total. The molecule has 0 aliphatic heterocycles. The van der Waals surface area contributed by atoms with Crippen molar-refractivity contribution in [2.45, 2.75) is 71.0 Å². The zero-order chi connectivity index (χ0) is 11.1. The van der Waals surface area contributed by atoms with Crippen LogP contribution in [0.25, 0.3) is 0 Å². The van der Waals surface area contributed by atoms with Crippen LogP contribution in [0.2, 0.25) is 18.1 Å². The zero-order valence-electron chi connectivity index (χ0n) is 10.6. The minimum atomic E-state index is -1.38. The predicted molar refractivity (Wildman–Crippen MR) is 69.5 cm³/mol. The van der Waals surface area contributed by atoms with Gasteiger partial charge in [-0.25, -0.2) is 0 Å². The monoisotopic (exact) mass is 226 g/mol. The van der Waals surface area contributed by atoms with E-state index in [2.05, 4.69) is 27.0 Å². The molecular formula is C13H26OSi. The Bertz CT molecular complexity index is 190. The molecule has 0 amide bonds. The first kappa shape index (κ1) is 12.8. The summed E-state index contributed by atoms with van der Waals surface area (Å²) in [5.41, 5.74) is 1.56. The lowest BCUT2D eigenvalue weighted by molar-refractivity contribution is 0.439.